The molecule has 0 saturated carbocycles. The van der Waals surface area contributed by atoms with Gasteiger partial charge in [-0.05, 0) is 18.9 Å². The zero-order chi connectivity index (χ0) is 16.3. The lowest BCUT2D eigenvalue weighted by atomic mass is 10.1. The molecule has 1 aliphatic rings. The van der Waals surface area contributed by atoms with Crippen LogP contribution in [0.3, 0.4) is 0 Å². The maximum Gasteiger partial charge on any atom is 0.326 e. The molecule has 1 aromatic rings. The number of carboxylic acids is 1. The van der Waals surface area contributed by atoms with Gasteiger partial charge < -0.3 is 10.0 Å². The molecule has 2 rings (SSSR count). The highest BCUT2D eigenvalue weighted by atomic mass is 32.2. The van der Waals surface area contributed by atoms with Crippen LogP contribution in [-0.2, 0) is 16.6 Å². The van der Waals surface area contributed by atoms with Crippen molar-refractivity contribution in [1.82, 2.24) is 4.90 Å². The van der Waals surface area contributed by atoms with Crippen LogP contribution < -0.4 is 4.57 Å². The Morgan fingerprint density at radius 1 is 1.50 bits per heavy atom. The first kappa shape index (κ1) is 16.8. The van der Waals surface area contributed by atoms with E-state index in [4.69, 9.17) is 0 Å². The average molecular weight is 323 g/mol. The third kappa shape index (κ3) is 3.61. The van der Waals surface area contributed by atoms with Crippen LogP contribution in [0.4, 0.5) is 0 Å². The topological polar surface area (TPSA) is 61.5 Å². The Hall–Kier alpha value is -1.56. The van der Waals surface area contributed by atoms with Crippen molar-refractivity contribution in [3.8, 4) is 0 Å². The number of amides is 1. The number of carbonyl (C=O) groups is 2. The molecule has 0 aromatic carbocycles. The van der Waals surface area contributed by atoms with Gasteiger partial charge in [-0.3, -0.25) is 4.79 Å². The van der Waals surface area contributed by atoms with Gasteiger partial charge in [0, 0.05) is 37.3 Å². The van der Waals surface area contributed by atoms with Crippen molar-refractivity contribution >= 4 is 23.6 Å². The number of carbonyl (C=O) groups excluding carboxylic acids is 1. The molecule has 1 amide bonds. The molecule has 1 N–H and O–H groups in total. The molecule has 120 valence electrons. The summed E-state index contributed by atoms with van der Waals surface area (Å²) in [5, 5.41) is 10.3. The molecule has 6 heteroatoms. The Balaban J connectivity index is 1.97. The smallest absolute Gasteiger partial charge is 0.326 e. The number of thioether (sulfide) groups is 1. The number of rotatable bonds is 5. The summed E-state index contributed by atoms with van der Waals surface area (Å²) in [7, 11) is 2.01. The van der Waals surface area contributed by atoms with Crippen LogP contribution in [0.5, 0.6) is 0 Å². The molecule has 2 atom stereocenters. The molecule has 0 radical (unpaired) electrons. The van der Waals surface area contributed by atoms with Crippen molar-refractivity contribution in [2.24, 2.45) is 13.0 Å². The molecule has 0 spiro atoms. The minimum absolute atomic E-state index is 0.0484. The summed E-state index contributed by atoms with van der Waals surface area (Å²) in [5.74, 6) is -0.479. The number of hydrogen-bond donors (Lipinski definition) is 1. The third-order valence-corrected chi connectivity index (χ3v) is 5.53. The van der Waals surface area contributed by atoms with Gasteiger partial charge >= 0.3 is 5.97 Å². The van der Waals surface area contributed by atoms with Crippen molar-refractivity contribution in [1.29, 1.82) is 0 Å². The lowest BCUT2D eigenvalue weighted by Crippen LogP contribution is -2.43. The summed E-state index contributed by atoms with van der Waals surface area (Å²) < 4.78 is 2.10. The van der Waals surface area contributed by atoms with Crippen molar-refractivity contribution in [3.63, 3.8) is 0 Å². The van der Waals surface area contributed by atoms with E-state index in [1.165, 1.54) is 4.90 Å². The van der Waals surface area contributed by atoms with Gasteiger partial charge in [0.2, 0.25) is 10.9 Å². The van der Waals surface area contributed by atoms with E-state index in [2.05, 4.69) is 4.57 Å². The van der Waals surface area contributed by atoms with Crippen molar-refractivity contribution in [2.75, 3.05) is 12.3 Å². The van der Waals surface area contributed by atoms with Crippen molar-refractivity contribution in [2.45, 2.75) is 37.8 Å². The van der Waals surface area contributed by atoms with Gasteiger partial charge in [0.15, 0.2) is 5.69 Å². The summed E-state index contributed by atoms with van der Waals surface area (Å²) >= 11 is 1.63. The van der Waals surface area contributed by atoms with E-state index in [0.29, 0.717) is 18.7 Å². The minimum Gasteiger partial charge on any atom is -0.480 e. The Kier molecular flexibility index (Phi) is 5.45. The van der Waals surface area contributed by atoms with Crippen LogP contribution in [0.1, 0.15) is 25.5 Å². The number of aryl methyl sites for hydroxylation is 1. The van der Waals surface area contributed by atoms with E-state index in [1.807, 2.05) is 39.1 Å². The first-order valence-electron chi connectivity index (χ1n) is 7.53. The first-order chi connectivity index (χ1) is 10.4. The largest absolute Gasteiger partial charge is 0.480 e. The van der Waals surface area contributed by atoms with Crippen LogP contribution in [0.25, 0.3) is 0 Å². The Morgan fingerprint density at radius 2 is 2.23 bits per heavy atom. The lowest BCUT2D eigenvalue weighted by molar-refractivity contribution is -0.714. The molecule has 5 nitrogen and oxygen atoms in total. The SMILES string of the molecule is Cc1cccc(SCC(C)C(=O)N2CCC[C@H]2C(=O)O)[n+]1C. The molecule has 1 saturated heterocycles. The van der Waals surface area contributed by atoms with Crippen molar-refractivity contribution in [3.05, 3.63) is 23.9 Å². The fourth-order valence-corrected chi connectivity index (χ4v) is 3.74. The van der Waals surface area contributed by atoms with Gasteiger partial charge in [-0.1, -0.05) is 18.7 Å². The van der Waals surface area contributed by atoms with Gasteiger partial charge in [0.1, 0.15) is 13.1 Å². The minimum atomic E-state index is -0.893. The maximum absolute atomic E-state index is 12.5. The lowest BCUT2D eigenvalue weighted by Gasteiger charge is -2.24. The summed E-state index contributed by atoms with van der Waals surface area (Å²) in [6.45, 7) is 4.48. The Morgan fingerprint density at radius 3 is 2.91 bits per heavy atom. The second-order valence-electron chi connectivity index (χ2n) is 5.80. The van der Waals surface area contributed by atoms with Crippen LogP contribution >= 0.6 is 11.8 Å². The normalized spacial score (nSPS) is 19.2. The summed E-state index contributed by atoms with van der Waals surface area (Å²) in [6, 6.07) is 5.44. The Bertz CT molecular complexity index is 577. The number of aliphatic carboxylic acids is 1. The highest BCUT2D eigenvalue weighted by Gasteiger charge is 2.35. The number of likely N-dealkylation sites (tertiary alicyclic amines) is 1. The number of carboxylic acid groups (broad SMARTS) is 1. The van der Waals surface area contributed by atoms with E-state index in [9.17, 15) is 14.7 Å². The van der Waals surface area contributed by atoms with E-state index < -0.39 is 12.0 Å². The van der Waals surface area contributed by atoms with Gasteiger partial charge in [0.25, 0.3) is 0 Å². The zero-order valence-corrected chi connectivity index (χ0v) is 14.1. The summed E-state index contributed by atoms with van der Waals surface area (Å²) in [6.07, 6.45) is 1.34. The number of hydrogen-bond acceptors (Lipinski definition) is 3. The molecule has 1 aliphatic heterocycles. The fourth-order valence-electron chi connectivity index (χ4n) is 2.66. The van der Waals surface area contributed by atoms with Crippen LogP contribution in [0, 0.1) is 12.8 Å². The second kappa shape index (κ2) is 7.13. The van der Waals surface area contributed by atoms with Crippen molar-refractivity contribution < 1.29 is 19.3 Å². The van der Waals surface area contributed by atoms with Crippen LogP contribution in [0.15, 0.2) is 23.2 Å². The fraction of sp³-hybridized carbons (Fsp3) is 0.562. The quantitative estimate of drug-likeness (QED) is 0.661. The summed E-state index contributed by atoms with van der Waals surface area (Å²) in [4.78, 5) is 25.2. The number of pyridine rings is 1. The van der Waals surface area contributed by atoms with Gasteiger partial charge in [0.05, 0.1) is 0 Å². The molecule has 2 heterocycles. The highest BCUT2D eigenvalue weighted by molar-refractivity contribution is 7.99. The highest BCUT2D eigenvalue weighted by Crippen LogP contribution is 2.23. The Labute approximate surface area is 135 Å². The number of nitrogens with zero attached hydrogens (tertiary/aromatic N) is 2. The summed E-state index contributed by atoms with van der Waals surface area (Å²) in [5.41, 5.74) is 1.16. The van der Waals surface area contributed by atoms with Gasteiger partial charge in [-0.15, -0.1) is 0 Å². The van der Waals surface area contributed by atoms with Crippen LogP contribution in [0.2, 0.25) is 0 Å². The molecule has 1 aromatic heterocycles. The molecule has 1 fully saturated rings. The molecular formula is C16H23N2O3S+. The molecule has 0 bridgehead atoms. The van der Waals surface area contributed by atoms with E-state index in [0.717, 1.165) is 17.1 Å². The van der Waals surface area contributed by atoms with E-state index in [1.54, 1.807) is 11.8 Å². The first-order valence-corrected chi connectivity index (χ1v) is 8.52. The monoisotopic (exact) mass is 323 g/mol. The van der Waals surface area contributed by atoms with Gasteiger partial charge in [-0.2, -0.15) is 4.57 Å². The molecular weight excluding hydrogens is 300 g/mol. The molecule has 22 heavy (non-hydrogen) atoms. The third-order valence-electron chi connectivity index (χ3n) is 4.16. The standard InChI is InChI=1S/C16H22N2O3S/c1-11(10-22-14-8-4-6-12(2)17(14)3)15(19)18-9-5-7-13(18)16(20)21/h4,6,8,11,13H,5,7,9-10H2,1-3H3/p+1/t11?,13-/m0/s1. The maximum atomic E-state index is 12.5. The predicted octanol–water partition coefficient (Wildman–Crippen LogP) is 1.62. The average Bonchev–Trinajstić information content (AvgIpc) is 2.97. The predicted molar refractivity (Wildman–Crippen MR) is 84.6 cm³/mol. The zero-order valence-electron chi connectivity index (χ0n) is 13.3. The van der Waals surface area contributed by atoms with E-state index in [-0.39, 0.29) is 11.8 Å². The second-order valence-corrected chi connectivity index (χ2v) is 6.84. The molecule has 1 unspecified atom stereocenters. The van der Waals surface area contributed by atoms with E-state index >= 15 is 0 Å². The molecule has 0 aliphatic carbocycles. The van der Waals surface area contributed by atoms with Crippen LogP contribution in [-0.4, -0.2) is 40.2 Å². The van der Waals surface area contributed by atoms with Gasteiger partial charge in [-0.25, -0.2) is 4.79 Å². The number of aromatic nitrogens is 1.